The fraction of sp³-hybridized carbons (Fsp3) is 0.600. The molecule has 0 bridgehead atoms. The molecule has 1 aliphatic rings. The molecule has 0 unspecified atom stereocenters. The van der Waals surface area contributed by atoms with Crippen molar-refractivity contribution < 1.29 is 14.7 Å². The molecule has 0 aromatic heterocycles. The van der Waals surface area contributed by atoms with Gasteiger partial charge in [0.1, 0.15) is 5.25 Å². The third-order valence-electron chi connectivity index (χ3n) is 4.63. The number of Topliss-reactive ketones (excluding diaryl/α,β-unsaturated/α-hetero) is 1. The standard InChI is InChI=1S/C20H28O3S/c1-20(2,3)15-11-9-14(10-12-15)17(21)13-18(19(22)23)24-16-7-5-4-6-8-16/h9-12,16,18H,4-8,13H2,1-3H3,(H,22,23)/t18-/m0/s1. The van der Waals surface area contributed by atoms with Gasteiger partial charge in [0, 0.05) is 17.2 Å². The van der Waals surface area contributed by atoms with Crippen molar-refractivity contribution in [2.75, 3.05) is 0 Å². The number of aliphatic carboxylic acids is 1. The molecule has 1 atom stereocenters. The fourth-order valence-corrected chi connectivity index (χ4v) is 4.50. The summed E-state index contributed by atoms with van der Waals surface area (Å²) in [5.41, 5.74) is 1.83. The molecule has 3 nitrogen and oxygen atoms in total. The molecule has 0 spiro atoms. The maximum absolute atomic E-state index is 12.5. The zero-order valence-corrected chi connectivity index (χ0v) is 15.7. The quantitative estimate of drug-likeness (QED) is 0.729. The van der Waals surface area contributed by atoms with Crippen LogP contribution in [0.15, 0.2) is 24.3 Å². The van der Waals surface area contributed by atoms with Crippen LogP contribution in [-0.2, 0) is 10.2 Å². The summed E-state index contributed by atoms with van der Waals surface area (Å²) in [5, 5.41) is 9.23. The summed E-state index contributed by atoms with van der Waals surface area (Å²) in [4.78, 5) is 24.0. The van der Waals surface area contributed by atoms with Gasteiger partial charge >= 0.3 is 5.97 Å². The Bertz CT molecular complexity index is 566. The van der Waals surface area contributed by atoms with Gasteiger partial charge in [-0.3, -0.25) is 9.59 Å². The summed E-state index contributed by atoms with van der Waals surface area (Å²) in [7, 11) is 0. The maximum atomic E-state index is 12.5. The van der Waals surface area contributed by atoms with Gasteiger partial charge in [-0.15, -0.1) is 11.8 Å². The molecule has 2 rings (SSSR count). The predicted octanol–water partition coefficient (Wildman–Crippen LogP) is 5.08. The van der Waals surface area contributed by atoms with E-state index in [-0.39, 0.29) is 17.6 Å². The highest BCUT2D eigenvalue weighted by molar-refractivity contribution is 8.01. The second kappa shape index (κ2) is 8.19. The van der Waals surface area contributed by atoms with Gasteiger partial charge in [-0.05, 0) is 23.8 Å². The zero-order chi connectivity index (χ0) is 17.7. The minimum Gasteiger partial charge on any atom is -0.480 e. The van der Waals surface area contributed by atoms with Gasteiger partial charge in [-0.2, -0.15) is 0 Å². The Labute approximate surface area is 149 Å². The number of carbonyl (C=O) groups excluding carboxylic acids is 1. The van der Waals surface area contributed by atoms with Crippen LogP contribution in [0.4, 0.5) is 0 Å². The number of hydrogen-bond donors (Lipinski definition) is 1. The van der Waals surface area contributed by atoms with Crippen molar-refractivity contribution in [3.8, 4) is 0 Å². The summed E-state index contributed by atoms with van der Waals surface area (Å²) in [6.45, 7) is 6.39. The van der Waals surface area contributed by atoms with E-state index in [9.17, 15) is 14.7 Å². The van der Waals surface area contributed by atoms with Gasteiger partial charge in [0.2, 0.25) is 0 Å². The number of carboxylic acid groups (broad SMARTS) is 1. The van der Waals surface area contributed by atoms with Gasteiger partial charge in [-0.1, -0.05) is 64.3 Å². The molecule has 1 fully saturated rings. The minimum absolute atomic E-state index is 0.0437. The monoisotopic (exact) mass is 348 g/mol. The number of thioether (sulfide) groups is 1. The average Bonchev–Trinajstić information content (AvgIpc) is 2.54. The van der Waals surface area contributed by atoms with Crippen molar-refractivity contribution in [2.24, 2.45) is 0 Å². The second-order valence-electron chi connectivity index (χ2n) is 7.68. The molecular weight excluding hydrogens is 320 g/mol. The van der Waals surface area contributed by atoms with Crippen molar-refractivity contribution in [3.63, 3.8) is 0 Å². The predicted molar refractivity (Wildman–Crippen MR) is 100.0 cm³/mol. The molecule has 4 heteroatoms. The summed E-state index contributed by atoms with van der Waals surface area (Å²) in [6.07, 6.45) is 5.81. The van der Waals surface area contributed by atoms with Gasteiger partial charge in [0.05, 0.1) is 0 Å². The second-order valence-corrected chi connectivity index (χ2v) is 9.19. The molecule has 24 heavy (non-hydrogen) atoms. The average molecular weight is 349 g/mol. The summed E-state index contributed by atoms with van der Waals surface area (Å²) >= 11 is 1.48. The summed E-state index contributed by atoms with van der Waals surface area (Å²) < 4.78 is 0. The van der Waals surface area contributed by atoms with E-state index in [2.05, 4.69) is 20.8 Å². The van der Waals surface area contributed by atoms with E-state index in [0.717, 1.165) is 12.8 Å². The number of benzene rings is 1. The van der Waals surface area contributed by atoms with Crippen LogP contribution in [0.3, 0.4) is 0 Å². The van der Waals surface area contributed by atoms with E-state index in [1.807, 2.05) is 24.3 Å². The highest BCUT2D eigenvalue weighted by Crippen LogP contribution is 2.33. The highest BCUT2D eigenvalue weighted by atomic mass is 32.2. The molecule has 1 aromatic rings. The van der Waals surface area contributed by atoms with Crippen LogP contribution >= 0.6 is 11.8 Å². The van der Waals surface area contributed by atoms with Gasteiger partial charge in [0.15, 0.2) is 5.78 Å². The number of hydrogen-bond acceptors (Lipinski definition) is 3. The van der Waals surface area contributed by atoms with Gasteiger partial charge in [0.25, 0.3) is 0 Å². The van der Waals surface area contributed by atoms with Crippen LogP contribution in [0.1, 0.15) is 75.2 Å². The SMILES string of the molecule is CC(C)(C)c1ccc(C(=O)C[C@H](SC2CCCCC2)C(=O)O)cc1. The zero-order valence-electron chi connectivity index (χ0n) is 14.9. The summed E-state index contributed by atoms with van der Waals surface area (Å²) in [5.74, 6) is -0.948. The first-order chi connectivity index (χ1) is 11.3. The molecule has 0 aliphatic heterocycles. The third kappa shape index (κ3) is 5.37. The van der Waals surface area contributed by atoms with Crippen LogP contribution in [0.5, 0.6) is 0 Å². The van der Waals surface area contributed by atoms with E-state index in [0.29, 0.717) is 10.8 Å². The van der Waals surface area contributed by atoms with Crippen molar-refractivity contribution in [1.82, 2.24) is 0 Å². The first kappa shape index (κ1) is 19.0. The van der Waals surface area contributed by atoms with Crippen LogP contribution in [0.2, 0.25) is 0 Å². The van der Waals surface area contributed by atoms with Crippen LogP contribution in [0.25, 0.3) is 0 Å². The molecule has 1 aliphatic carbocycles. The van der Waals surface area contributed by atoms with Crippen LogP contribution < -0.4 is 0 Å². The normalized spacial score (nSPS) is 17.5. The molecule has 132 valence electrons. The molecule has 0 radical (unpaired) electrons. The Morgan fingerprint density at radius 1 is 1.12 bits per heavy atom. The topological polar surface area (TPSA) is 54.4 Å². The van der Waals surface area contributed by atoms with E-state index < -0.39 is 11.2 Å². The lowest BCUT2D eigenvalue weighted by Gasteiger charge is -2.24. The molecule has 0 heterocycles. The van der Waals surface area contributed by atoms with E-state index in [1.54, 1.807) is 0 Å². The number of carboxylic acids is 1. The van der Waals surface area contributed by atoms with E-state index in [1.165, 1.54) is 36.6 Å². The lowest BCUT2D eigenvalue weighted by atomic mass is 9.86. The Morgan fingerprint density at radius 3 is 2.21 bits per heavy atom. The van der Waals surface area contributed by atoms with Crippen molar-refractivity contribution in [2.45, 2.75) is 75.2 Å². The maximum Gasteiger partial charge on any atom is 0.317 e. The van der Waals surface area contributed by atoms with Crippen molar-refractivity contribution >= 4 is 23.5 Å². The molecule has 0 amide bonds. The third-order valence-corrected chi connectivity index (χ3v) is 6.18. The Morgan fingerprint density at radius 2 is 1.71 bits per heavy atom. The molecule has 1 N–H and O–H groups in total. The lowest BCUT2D eigenvalue weighted by Crippen LogP contribution is -2.24. The molecular formula is C20H28O3S. The lowest BCUT2D eigenvalue weighted by molar-refractivity contribution is -0.136. The first-order valence-corrected chi connectivity index (χ1v) is 9.73. The Balaban J connectivity index is 2.00. The van der Waals surface area contributed by atoms with E-state index >= 15 is 0 Å². The number of rotatable bonds is 6. The smallest absolute Gasteiger partial charge is 0.317 e. The van der Waals surface area contributed by atoms with Crippen LogP contribution in [-0.4, -0.2) is 27.4 Å². The van der Waals surface area contributed by atoms with E-state index in [4.69, 9.17) is 0 Å². The van der Waals surface area contributed by atoms with Crippen LogP contribution in [0, 0.1) is 0 Å². The van der Waals surface area contributed by atoms with Crippen molar-refractivity contribution in [1.29, 1.82) is 0 Å². The minimum atomic E-state index is -0.870. The van der Waals surface area contributed by atoms with Gasteiger partial charge in [-0.25, -0.2) is 0 Å². The highest BCUT2D eigenvalue weighted by Gasteiger charge is 2.27. The van der Waals surface area contributed by atoms with Gasteiger partial charge < -0.3 is 5.11 Å². The number of ketones is 1. The molecule has 1 aromatic carbocycles. The Kier molecular flexibility index (Phi) is 6.50. The fourth-order valence-electron chi connectivity index (χ4n) is 3.07. The Hall–Kier alpha value is -1.29. The molecule has 1 saturated carbocycles. The largest absolute Gasteiger partial charge is 0.480 e. The van der Waals surface area contributed by atoms with Crippen molar-refractivity contribution in [3.05, 3.63) is 35.4 Å². The molecule has 0 saturated heterocycles. The summed E-state index contributed by atoms with van der Waals surface area (Å²) in [6, 6.07) is 7.59. The number of carbonyl (C=O) groups is 2. The first-order valence-electron chi connectivity index (χ1n) is 8.79.